The Labute approximate surface area is 156 Å². The summed E-state index contributed by atoms with van der Waals surface area (Å²) < 4.78 is 7.69. The summed E-state index contributed by atoms with van der Waals surface area (Å²) in [6, 6.07) is 18.1. The standard InChI is InChI=1S/C20H18N4OS/c1-14-8-6-7-11-18(14)24-15(2)22-23-20(24)26-13-17-12-25-19(21-17)16-9-4-3-5-10-16/h3-12H,13H2,1-2H3. The van der Waals surface area contributed by atoms with Gasteiger partial charge in [-0.25, -0.2) is 4.98 Å². The van der Waals surface area contributed by atoms with Crippen molar-refractivity contribution in [3.8, 4) is 17.1 Å². The predicted octanol–water partition coefficient (Wildman–Crippen LogP) is 4.83. The van der Waals surface area contributed by atoms with E-state index in [9.17, 15) is 0 Å². The highest BCUT2D eigenvalue weighted by Crippen LogP contribution is 2.27. The SMILES string of the molecule is Cc1ccccc1-n1c(C)nnc1SCc1coc(-c2ccccc2)n1. The highest BCUT2D eigenvalue weighted by molar-refractivity contribution is 7.98. The Morgan fingerprint density at radius 1 is 0.962 bits per heavy atom. The first-order valence-electron chi connectivity index (χ1n) is 8.33. The number of aryl methyl sites for hydroxylation is 2. The van der Waals surface area contributed by atoms with Gasteiger partial charge < -0.3 is 4.42 Å². The van der Waals surface area contributed by atoms with Gasteiger partial charge in [-0.05, 0) is 37.6 Å². The molecule has 0 atom stereocenters. The number of hydrogen-bond acceptors (Lipinski definition) is 5. The predicted molar refractivity (Wildman–Crippen MR) is 102 cm³/mol. The maximum Gasteiger partial charge on any atom is 0.226 e. The second-order valence-corrected chi connectivity index (χ2v) is 6.89. The van der Waals surface area contributed by atoms with Crippen LogP contribution >= 0.6 is 11.8 Å². The fourth-order valence-corrected chi connectivity index (χ4v) is 3.62. The molecule has 4 rings (SSSR count). The van der Waals surface area contributed by atoms with Crippen LogP contribution in [0.25, 0.3) is 17.1 Å². The molecule has 0 spiro atoms. The highest BCUT2D eigenvalue weighted by Gasteiger charge is 2.14. The molecule has 0 saturated heterocycles. The molecule has 4 aromatic rings. The molecular weight excluding hydrogens is 344 g/mol. The normalized spacial score (nSPS) is 11.0. The molecule has 0 aliphatic carbocycles. The van der Waals surface area contributed by atoms with E-state index in [1.807, 2.05) is 49.4 Å². The summed E-state index contributed by atoms with van der Waals surface area (Å²) in [6.45, 7) is 4.06. The molecule has 2 aromatic heterocycles. The second kappa shape index (κ2) is 7.17. The van der Waals surface area contributed by atoms with E-state index in [4.69, 9.17) is 4.42 Å². The van der Waals surface area contributed by atoms with Gasteiger partial charge in [0.05, 0.1) is 11.4 Å². The molecule has 0 fully saturated rings. The molecule has 0 aliphatic heterocycles. The van der Waals surface area contributed by atoms with Crippen molar-refractivity contribution in [1.82, 2.24) is 19.7 Å². The summed E-state index contributed by atoms with van der Waals surface area (Å²) in [7, 11) is 0. The van der Waals surface area contributed by atoms with Crippen LogP contribution in [0.1, 0.15) is 17.1 Å². The van der Waals surface area contributed by atoms with Crippen LogP contribution < -0.4 is 0 Å². The monoisotopic (exact) mass is 362 g/mol. The number of benzene rings is 2. The summed E-state index contributed by atoms with van der Waals surface area (Å²) in [5, 5.41) is 9.43. The van der Waals surface area contributed by atoms with Gasteiger partial charge in [-0.2, -0.15) is 0 Å². The first kappa shape index (κ1) is 16.6. The van der Waals surface area contributed by atoms with Gasteiger partial charge in [0.1, 0.15) is 12.1 Å². The molecule has 0 aliphatic rings. The van der Waals surface area contributed by atoms with Gasteiger partial charge in [0.25, 0.3) is 0 Å². The van der Waals surface area contributed by atoms with Crippen molar-refractivity contribution in [2.24, 2.45) is 0 Å². The van der Waals surface area contributed by atoms with Gasteiger partial charge in [0.2, 0.25) is 5.89 Å². The fraction of sp³-hybridized carbons (Fsp3) is 0.150. The van der Waals surface area contributed by atoms with Gasteiger partial charge in [0.15, 0.2) is 5.16 Å². The van der Waals surface area contributed by atoms with Crippen molar-refractivity contribution in [3.63, 3.8) is 0 Å². The van der Waals surface area contributed by atoms with Crippen LogP contribution in [0.15, 0.2) is 70.4 Å². The van der Waals surface area contributed by atoms with E-state index < -0.39 is 0 Å². The molecule has 0 bridgehead atoms. The Morgan fingerprint density at radius 3 is 2.54 bits per heavy atom. The molecule has 2 heterocycles. The smallest absolute Gasteiger partial charge is 0.226 e. The van der Waals surface area contributed by atoms with Crippen LogP contribution in [-0.4, -0.2) is 19.7 Å². The summed E-state index contributed by atoms with van der Waals surface area (Å²) in [5.41, 5.74) is 4.14. The lowest BCUT2D eigenvalue weighted by Gasteiger charge is -2.10. The Morgan fingerprint density at radius 2 is 1.73 bits per heavy atom. The average molecular weight is 362 g/mol. The van der Waals surface area contributed by atoms with E-state index >= 15 is 0 Å². The minimum absolute atomic E-state index is 0.637. The van der Waals surface area contributed by atoms with E-state index in [0.717, 1.165) is 27.9 Å². The number of oxazole rings is 1. The van der Waals surface area contributed by atoms with Crippen molar-refractivity contribution in [3.05, 3.63) is 77.9 Å². The summed E-state index contributed by atoms with van der Waals surface area (Å²) >= 11 is 1.60. The molecule has 0 amide bonds. The molecule has 0 N–H and O–H groups in total. The minimum atomic E-state index is 0.637. The maximum absolute atomic E-state index is 5.61. The quantitative estimate of drug-likeness (QED) is 0.476. The van der Waals surface area contributed by atoms with Crippen molar-refractivity contribution >= 4 is 11.8 Å². The van der Waals surface area contributed by atoms with Crippen molar-refractivity contribution < 1.29 is 4.42 Å². The number of hydrogen-bond donors (Lipinski definition) is 0. The number of nitrogens with zero attached hydrogens (tertiary/aromatic N) is 4. The van der Waals surface area contributed by atoms with Gasteiger partial charge in [-0.1, -0.05) is 48.2 Å². The van der Waals surface area contributed by atoms with Crippen molar-refractivity contribution in [2.75, 3.05) is 0 Å². The molecule has 5 nitrogen and oxygen atoms in total. The molecule has 2 aromatic carbocycles. The van der Waals surface area contributed by atoms with E-state index in [-0.39, 0.29) is 0 Å². The number of aromatic nitrogens is 4. The highest BCUT2D eigenvalue weighted by atomic mass is 32.2. The van der Waals surface area contributed by atoms with Crippen molar-refractivity contribution in [1.29, 1.82) is 0 Å². The molecule has 0 radical (unpaired) electrons. The van der Waals surface area contributed by atoms with Crippen LogP contribution in [0.3, 0.4) is 0 Å². The third-order valence-electron chi connectivity index (χ3n) is 4.07. The maximum atomic E-state index is 5.61. The van der Waals surface area contributed by atoms with E-state index in [1.165, 1.54) is 5.56 Å². The number of thioether (sulfide) groups is 1. The first-order valence-corrected chi connectivity index (χ1v) is 9.31. The van der Waals surface area contributed by atoms with Gasteiger partial charge in [0, 0.05) is 11.3 Å². The van der Waals surface area contributed by atoms with Gasteiger partial charge >= 0.3 is 0 Å². The van der Waals surface area contributed by atoms with E-state index in [0.29, 0.717) is 11.6 Å². The summed E-state index contributed by atoms with van der Waals surface area (Å²) in [4.78, 5) is 4.58. The number of rotatable bonds is 5. The molecule has 130 valence electrons. The van der Waals surface area contributed by atoms with Crippen LogP contribution in [0.4, 0.5) is 0 Å². The van der Waals surface area contributed by atoms with Crippen LogP contribution in [0.2, 0.25) is 0 Å². The summed E-state index contributed by atoms with van der Waals surface area (Å²) in [6.07, 6.45) is 1.71. The third kappa shape index (κ3) is 3.28. The topological polar surface area (TPSA) is 56.7 Å². The van der Waals surface area contributed by atoms with Gasteiger partial charge in [-0.3, -0.25) is 4.57 Å². The zero-order valence-corrected chi connectivity index (χ0v) is 15.4. The number of para-hydroxylation sites is 1. The van der Waals surface area contributed by atoms with E-state index in [2.05, 4.69) is 38.8 Å². The lowest BCUT2D eigenvalue weighted by Crippen LogP contribution is -2.01. The van der Waals surface area contributed by atoms with Crippen LogP contribution in [-0.2, 0) is 5.75 Å². The molecule has 0 unspecified atom stereocenters. The average Bonchev–Trinajstić information content (AvgIpc) is 3.28. The Bertz CT molecular complexity index is 1020. The van der Waals surface area contributed by atoms with E-state index in [1.54, 1.807) is 18.0 Å². The second-order valence-electron chi connectivity index (χ2n) is 5.95. The van der Waals surface area contributed by atoms with Gasteiger partial charge in [-0.15, -0.1) is 10.2 Å². The largest absolute Gasteiger partial charge is 0.444 e. The first-order chi connectivity index (χ1) is 12.7. The minimum Gasteiger partial charge on any atom is -0.444 e. The third-order valence-corrected chi connectivity index (χ3v) is 5.04. The Kier molecular flexibility index (Phi) is 4.58. The van der Waals surface area contributed by atoms with Crippen LogP contribution in [0.5, 0.6) is 0 Å². The lowest BCUT2D eigenvalue weighted by atomic mass is 10.2. The van der Waals surface area contributed by atoms with Crippen molar-refractivity contribution in [2.45, 2.75) is 24.8 Å². The Balaban J connectivity index is 1.55. The Hall–Kier alpha value is -2.86. The zero-order valence-electron chi connectivity index (χ0n) is 14.6. The molecule has 6 heteroatoms. The fourth-order valence-electron chi connectivity index (χ4n) is 2.75. The summed E-state index contributed by atoms with van der Waals surface area (Å²) in [5.74, 6) is 2.17. The zero-order chi connectivity index (χ0) is 17.9. The molecular formula is C20H18N4OS. The molecule has 26 heavy (non-hydrogen) atoms. The lowest BCUT2D eigenvalue weighted by molar-refractivity contribution is 0.573. The molecule has 0 saturated carbocycles. The van der Waals surface area contributed by atoms with Crippen LogP contribution in [0, 0.1) is 13.8 Å².